The summed E-state index contributed by atoms with van der Waals surface area (Å²) in [6, 6.07) is 7.81. The van der Waals surface area contributed by atoms with Crippen LogP contribution in [0.5, 0.6) is 0 Å². The van der Waals surface area contributed by atoms with Crippen LogP contribution >= 0.6 is 11.6 Å². The first kappa shape index (κ1) is 21.3. The zero-order chi connectivity index (χ0) is 22.5. The van der Waals surface area contributed by atoms with Crippen molar-refractivity contribution in [3.63, 3.8) is 0 Å². The van der Waals surface area contributed by atoms with Crippen molar-refractivity contribution in [3.8, 4) is 11.3 Å². The van der Waals surface area contributed by atoms with Gasteiger partial charge in [-0.2, -0.15) is 5.10 Å². The molecule has 0 radical (unpaired) electrons. The van der Waals surface area contributed by atoms with Gasteiger partial charge < -0.3 is 10.2 Å². The van der Waals surface area contributed by atoms with Crippen LogP contribution in [-0.2, 0) is 4.79 Å². The number of imidazole rings is 1. The molecule has 2 amide bonds. The fourth-order valence-corrected chi connectivity index (χ4v) is 3.98. The Hall–Kier alpha value is -2.93. The first-order valence-corrected chi connectivity index (χ1v) is 10.7. The van der Waals surface area contributed by atoms with E-state index in [2.05, 4.69) is 24.1 Å². The highest BCUT2D eigenvalue weighted by Gasteiger charge is 2.41. The van der Waals surface area contributed by atoms with Gasteiger partial charge in [0.25, 0.3) is 5.91 Å². The van der Waals surface area contributed by atoms with Crippen molar-refractivity contribution < 1.29 is 9.59 Å². The first-order valence-electron chi connectivity index (χ1n) is 10.4. The molecule has 7 nitrogen and oxygen atoms in total. The van der Waals surface area contributed by atoms with E-state index >= 15 is 0 Å². The fraction of sp³-hybridized carbons (Fsp3) is 0.391. The lowest BCUT2D eigenvalue weighted by Crippen LogP contribution is -2.63. The molecule has 0 bridgehead atoms. The van der Waals surface area contributed by atoms with Gasteiger partial charge in [0.05, 0.1) is 11.9 Å². The van der Waals surface area contributed by atoms with E-state index < -0.39 is 5.54 Å². The first-order chi connectivity index (χ1) is 14.6. The quantitative estimate of drug-likeness (QED) is 0.672. The Labute approximate surface area is 186 Å². The molecule has 0 aliphatic carbocycles. The molecule has 1 fully saturated rings. The summed E-state index contributed by atoms with van der Waals surface area (Å²) in [5.74, 6) is -0.263. The molecular weight excluding hydrogens is 414 g/mol. The minimum Gasteiger partial charge on any atom is -0.352 e. The van der Waals surface area contributed by atoms with E-state index in [1.807, 2.05) is 31.2 Å². The van der Waals surface area contributed by atoms with Gasteiger partial charge in [-0.1, -0.05) is 31.5 Å². The zero-order valence-electron chi connectivity index (χ0n) is 18.4. The Balaban J connectivity index is 1.81. The van der Waals surface area contributed by atoms with E-state index in [4.69, 9.17) is 16.7 Å². The van der Waals surface area contributed by atoms with Gasteiger partial charge in [-0.3, -0.25) is 9.59 Å². The van der Waals surface area contributed by atoms with Gasteiger partial charge >= 0.3 is 0 Å². The second kappa shape index (κ2) is 7.64. The molecule has 0 saturated carbocycles. The number of hydrogen-bond acceptors (Lipinski definition) is 4. The van der Waals surface area contributed by atoms with Crippen LogP contribution in [0.1, 0.15) is 55.2 Å². The van der Waals surface area contributed by atoms with Crippen LogP contribution in [0.3, 0.4) is 0 Å². The number of aromatic nitrogens is 3. The van der Waals surface area contributed by atoms with Crippen molar-refractivity contribution in [1.82, 2.24) is 24.8 Å². The Morgan fingerprint density at radius 1 is 1.26 bits per heavy atom. The maximum Gasteiger partial charge on any atom is 0.275 e. The number of carbonyl (C=O) groups excluding carboxylic acids is 2. The minimum absolute atomic E-state index is 0.169. The summed E-state index contributed by atoms with van der Waals surface area (Å²) < 4.78 is 1.67. The molecule has 3 heterocycles. The number of carbonyl (C=O) groups is 2. The van der Waals surface area contributed by atoms with E-state index in [0.717, 1.165) is 22.4 Å². The average molecular weight is 440 g/mol. The number of nitrogens with zero attached hydrogens (tertiary/aromatic N) is 4. The Kier molecular flexibility index (Phi) is 5.25. The molecule has 8 heteroatoms. The Morgan fingerprint density at radius 3 is 2.68 bits per heavy atom. The van der Waals surface area contributed by atoms with Gasteiger partial charge in [0, 0.05) is 29.2 Å². The van der Waals surface area contributed by atoms with Crippen LogP contribution in [0, 0.1) is 6.92 Å². The highest BCUT2D eigenvalue weighted by Crippen LogP contribution is 2.29. The van der Waals surface area contributed by atoms with Crippen LogP contribution < -0.4 is 5.32 Å². The molecule has 0 atom stereocenters. The summed E-state index contributed by atoms with van der Waals surface area (Å²) in [6.07, 6.45) is 1.65. The summed E-state index contributed by atoms with van der Waals surface area (Å²) in [4.78, 5) is 31.8. The molecule has 1 aliphatic rings. The molecule has 162 valence electrons. The van der Waals surface area contributed by atoms with Crippen molar-refractivity contribution in [1.29, 1.82) is 0 Å². The Bertz CT molecular complexity index is 1200. The van der Waals surface area contributed by atoms with Gasteiger partial charge in [-0.05, 0) is 50.5 Å². The number of rotatable bonds is 3. The molecule has 0 unspecified atom stereocenters. The molecule has 3 aromatic rings. The molecule has 1 saturated heterocycles. The summed E-state index contributed by atoms with van der Waals surface area (Å²) in [5.41, 5.74) is 3.68. The van der Waals surface area contributed by atoms with Crippen LogP contribution in [0.15, 0.2) is 30.5 Å². The molecule has 1 aromatic carbocycles. The zero-order valence-corrected chi connectivity index (χ0v) is 19.1. The van der Waals surface area contributed by atoms with E-state index in [0.29, 0.717) is 23.8 Å². The second-order valence-electron chi connectivity index (χ2n) is 8.77. The molecule has 2 aromatic heterocycles. The van der Waals surface area contributed by atoms with Crippen molar-refractivity contribution in [2.75, 3.05) is 13.1 Å². The standard InChI is InChI=1S/C23H26ClN5O2/c1-13(2)16-11-18(15-6-7-17(24)14(3)10-15)27-29-12-19(26-20(16)29)21(30)28-9-8-25-22(31)23(28,4)5/h6-7,10-13H,8-9H2,1-5H3,(H,25,31). The number of aryl methyl sites for hydroxylation is 1. The van der Waals surface area contributed by atoms with Crippen molar-refractivity contribution in [3.05, 3.63) is 52.3 Å². The third-order valence-electron chi connectivity index (χ3n) is 5.85. The largest absolute Gasteiger partial charge is 0.352 e. The van der Waals surface area contributed by atoms with Crippen molar-refractivity contribution in [2.45, 2.75) is 46.1 Å². The van der Waals surface area contributed by atoms with Crippen LogP contribution in [0.2, 0.25) is 5.02 Å². The number of piperazine rings is 1. The third kappa shape index (κ3) is 3.67. The molecule has 4 rings (SSSR count). The van der Waals surface area contributed by atoms with Gasteiger partial charge in [0.1, 0.15) is 11.2 Å². The van der Waals surface area contributed by atoms with Crippen LogP contribution in [0.25, 0.3) is 16.9 Å². The Morgan fingerprint density at radius 2 is 2.00 bits per heavy atom. The fourth-order valence-electron chi connectivity index (χ4n) is 3.87. The second-order valence-corrected chi connectivity index (χ2v) is 9.18. The van der Waals surface area contributed by atoms with E-state index in [9.17, 15) is 9.59 Å². The maximum atomic E-state index is 13.3. The van der Waals surface area contributed by atoms with Crippen LogP contribution in [-0.4, -0.2) is 49.9 Å². The number of hydrogen-bond donors (Lipinski definition) is 1. The summed E-state index contributed by atoms with van der Waals surface area (Å²) in [5, 5.41) is 8.24. The number of amides is 2. The maximum absolute atomic E-state index is 13.3. The predicted octanol–water partition coefficient (Wildman–Crippen LogP) is 3.83. The van der Waals surface area contributed by atoms with Gasteiger partial charge in [0.2, 0.25) is 5.91 Å². The van der Waals surface area contributed by atoms with E-state index in [1.54, 1.807) is 29.5 Å². The number of fused-ring (bicyclic) bond motifs is 1. The number of nitrogens with one attached hydrogen (secondary N) is 1. The number of halogens is 1. The minimum atomic E-state index is -0.939. The summed E-state index contributed by atoms with van der Waals surface area (Å²) in [6.45, 7) is 10.5. The molecule has 1 N–H and O–H groups in total. The van der Waals surface area contributed by atoms with Crippen molar-refractivity contribution in [2.24, 2.45) is 0 Å². The summed E-state index contributed by atoms with van der Waals surface area (Å²) in [7, 11) is 0. The number of benzene rings is 1. The average Bonchev–Trinajstić information content (AvgIpc) is 3.15. The lowest BCUT2D eigenvalue weighted by molar-refractivity contribution is -0.133. The van der Waals surface area contributed by atoms with E-state index in [1.165, 1.54) is 0 Å². The molecule has 31 heavy (non-hydrogen) atoms. The molecule has 1 aliphatic heterocycles. The lowest BCUT2D eigenvalue weighted by Gasteiger charge is -2.40. The van der Waals surface area contributed by atoms with Crippen LogP contribution in [0.4, 0.5) is 0 Å². The SMILES string of the molecule is Cc1cc(-c2cc(C(C)C)c3nc(C(=O)N4CCNC(=O)C4(C)C)cn3n2)ccc1Cl. The molecule has 0 spiro atoms. The smallest absolute Gasteiger partial charge is 0.275 e. The highest BCUT2D eigenvalue weighted by molar-refractivity contribution is 6.31. The van der Waals surface area contributed by atoms with Gasteiger partial charge in [-0.15, -0.1) is 0 Å². The third-order valence-corrected chi connectivity index (χ3v) is 6.27. The molecular formula is C23H26ClN5O2. The predicted molar refractivity (Wildman–Crippen MR) is 120 cm³/mol. The monoisotopic (exact) mass is 439 g/mol. The lowest BCUT2D eigenvalue weighted by atomic mass is 9.98. The van der Waals surface area contributed by atoms with Gasteiger partial charge in [-0.25, -0.2) is 9.50 Å². The van der Waals surface area contributed by atoms with Gasteiger partial charge in [0.15, 0.2) is 5.65 Å². The normalized spacial score (nSPS) is 16.1. The topological polar surface area (TPSA) is 79.6 Å². The highest BCUT2D eigenvalue weighted by atomic mass is 35.5. The van der Waals surface area contributed by atoms with Crippen molar-refractivity contribution >= 4 is 29.1 Å². The summed E-state index contributed by atoms with van der Waals surface area (Å²) >= 11 is 6.18. The van der Waals surface area contributed by atoms with E-state index in [-0.39, 0.29) is 23.4 Å².